The van der Waals surface area contributed by atoms with E-state index in [9.17, 15) is 4.79 Å². The summed E-state index contributed by atoms with van der Waals surface area (Å²) in [6, 6.07) is 9.37. The molecule has 0 saturated carbocycles. The van der Waals surface area contributed by atoms with Crippen LogP contribution in [0.4, 0.5) is 5.69 Å². The number of anilines is 1. The Morgan fingerprint density at radius 1 is 1.18 bits per heavy atom. The lowest BCUT2D eigenvalue weighted by atomic mass is 10.1. The highest BCUT2D eigenvalue weighted by molar-refractivity contribution is 5.35. The SMILES string of the molecule is Cc1ccc(C)c(Cn2cc(N)ccc2=O)c1. The fourth-order valence-electron chi connectivity index (χ4n) is 1.83. The highest BCUT2D eigenvalue weighted by Gasteiger charge is 2.02. The van der Waals surface area contributed by atoms with Crippen LogP contribution in [0.25, 0.3) is 0 Å². The highest BCUT2D eigenvalue weighted by atomic mass is 16.1. The Hall–Kier alpha value is -2.03. The maximum Gasteiger partial charge on any atom is 0.250 e. The number of nitrogen functional groups attached to an aromatic ring is 1. The van der Waals surface area contributed by atoms with Crippen LogP contribution in [0.5, 0.6) is 0 Å². The minimum Gasteiger partial charge on any atom is -0.398 e. The van der Waals surface area contributed by atoms with Crippen LogP contribution in [0.3, 0.4) is 0 Å². The summed E-state index contributed by atoms with van der Waals surface area (Å²) in [6.07, 6.45) is 1.68. The van der Waals surface area contributed by atoms with E-state index in [0.29, 0.717) is 12.2 Å². The Morgan fingerprint density at radius 3 is 2.71 bits per heavy atom. The van der Waals surface area contributed by atoms with Crippen LogP contribution in [0.1, 0.15) is 16.7 Å². The van der Waals surface area contributed by atoms with Gasteiger partial charge in [0.1, 0.15) is 0 Å². The van der Waals surface area contributed by atoms with Crippen molar-refractivity contribution in [1.29, 1.82) is 0 Å². The summed E-state index contributed by atoms with van der Waals surface area (Å²) in [5.41, 5.74) is 9.80. The van der Waals surface area contributed by atoms with Crippen molar-refractivity contribution in [1.82, 2.24) is 4.57 Å². The van der Waals surface area contributed by atoms with Gasteiger partial charge in [0.25, 0.3) is 5.56 Å². The molecule has 1 aromatic carbocycles. The largest absolute Gasteiger partial charge is 0.398 e. The van der Waals surface area contributed by atoms with Crippen LogP contribution in [0.2, 0.25) is 0 Å². The second-order valence-electron chi connectivity index (χ2n) is 4.36. The van der Waals surface area contributed by atoms with Crippen molar-refractivity contribution < 1.29 is 0 Å². The average Bonchev–Trinajstić information content (AvgIpc) is 2.28. The molecule has 0 amide bonds. The number of pyridine rings is 1. The van der Waals surface area contributed by atoms with E-state index < -0.39 is 0 Å². The van der Waals surface area contributed by atoms with Gasteiger partial charge in [0, 0.05) is 18.0 Å². The monoisotopic (exact) mass is 228 g/mol. The Bertz CT molecular complexity index is 599. The van der Waals surface area contributed by atoms with Gasteiger partial charge < -0.3 is 10.3 Å². The van der Waals surface area contributed by atoms with E-state index in [-0.39, 0.29) is 5.56 Å². The zero-order valence-corrected chi connectivity index (χ0v) is 10.1. The smallest absolute Gasteiger partial charge is 0.250 e. The molecule has 88 valence electrons. The quantitative estimate of drug-likeness (QED) is 0.855. The predicted octanol–water partition coefficient (Wildman–Crippen LogP) is 2.10. The minimum atomic E-state index is -0.0277. The summed E-state index contributed by atoms with van der Waals surface area (Å²) in [5.74, 6) is 0. The first-order chi connectivity index (χ1) is 8.06. The van der Waals surface area contributed by atoms with Gasteiger partial charge >= 0.3 is 0 Å². The standard InChI is InChI=1S/C14H16N2O/c1-10-3-4-11(2)12(7-10)8-16-9-13(15)5-6-14(16)17/h3-7,9H,8,15H2,1-2H3. The number of hydrogen-bond donors (Lipinski definition) is 1. The molecule has 3 nitrogen and oxygen atoms in total. The molecule has 0 aliphatic carbocycles. The normalized spacial score (nSPS) is 10.5. The maximum atomic E-state index is 11.7. The van der Waals surface area contributed by atoms with Gasteiger partial charge in [0.05, 0.1) is 6.54 Å². The van der Waals surface area contributed by atoms with Gasteiger partial charge in [-0.05, 0) is 31.0 Å². The molecular weight excluding hydrogens is 212 g/mol. The summed E-state index contributed by atoms with van der Waals surface area (Å²) >= 11 is 0. The van der Waals surface area contributed by atoms with E-state index in [4.69, 9.17) is 5.73 Å². The van der Waals surface area contributed by atoms with Crippen molar-refractivity contribution >= 4 is 5.69 Å². The fourth-order valence-corrected chi connectivity index (χ4v) is 1.83. The third kappa shape index (κ3) is 2.56. The molecule has 0 saturated heterocycles. The number of nitrogens with two attached hydrogens (primary N) is 1. The van der Waals surface area contributed by atoms with Crippen LogP contribution < -0.4 is 11.3 Å². The molecule has 0 spiro atoms. The van der Waals surface area contributed by atoms with E-state index in [1.807, 2.05) is 13.8 Å². The van der Waals surface area contributed by atoms with Crippen LogP contribution in [0, 0.1) is 13.8 Å². The zero-order chi connectivity index (χ0) is 12.4. The van der Waals surface area contributed by atoms with Gasteiger partial charge in [0.15, 0.2) is 0 Å². The molecule has 0 aliphatic heterocycles. The average molecular weight is 228 g/mol. The van der Waals surface area contributed by atoms with Gasteiger partial charge in [-0.15, -0.1) is 0 Å². The lowest BCUT2D eigenvalue weighted by molar-refractivity contribution is 0.756. The van der Waals surface area contributed by atoms with Crippen molar-refractivity contribution in [3.05, 3.63) is 63.6 Å². The molecule has 3 heteroatoms. The van der Waals surface area contributed by atoms with Gasteiger partial charge in [-0.25, -0.2) is 0 Å². The fraction of sp³-hybridized carbons (Fsp3) is 0.214. The molecule has 17 heavy (non-hydrogen) atoms. The molecule has 1 aromatic heterocycles. The van der Waals surface area contributed by atoms with Crippen LogP contribution in [-0.4, -0.2) is 4.57 Å². The number of aryl methyl sites for hydroxylation is 2. The first-order valence-corrected chi connectivity index (χ1v) is 5.58. The minimum absolute atomic E-state index is 0.0277. The molecule has 0 aliphatic rings. The molecule has 1 heterocycles. The zero-order valence-electron chi connectivity index (χ0n) is 10.1. The summed E-state index contributed by atoms with van der Waals surface area (Å²) in [4.78, 5) is 11.7. The third-order valence-corrected chi connectivity index (χ3v) is 2.85. The highest BCUT2D eigenvalue weighted by Crippen LogP contribution is 2.12. The predicted molar refractivity (Wildman–Crippen MR) is 70.1 cm³/mol. The van der Waals surface area contributed by atoms with Gasteiger partial charge in [-0.3, -0.25) is 4.79 Å². The molecule has 2 N–H and O–H groups in total. The molecule has 0 radical (unpaired) electrons. The van der Waals surface area contributed by atoms with Crippen LogP contribution in [-0.2, 0) is 6.54 Å². The van der Waals surface area contributed by atoms with Gasteiger partial charge in [0.2, 0.25) is 0 Å². The molecule has 2 rings (SSSR count). The summed E-state index contributed by atoms with van der Waals surface area (Å²) in [7, 11) is 0. The van der Waals surface area contributed by atoms with E-state index in [2.05, 4.69) is 18.2 Å². The number of aromatic nitrogens is 1. The first-order valence-electron chi connectivity index (χ1n) is 5.58. The second kappa shape index (κ2) is 4.45. The molecule has 0 fully saturated rings. The van der Waals surface area contributed by atoms with Gasteiger partial charge in [-0.1, -0.05) is 23.8 Å². The Balaban J connectivity index is 2.41. The van der Waals surface area contributed by atoms with Crippen molar-refractivity contribution in [2.45, 2.75) is 20.4 Å². The molecule has 2 aromatic rings. The number of nitrogens with zero attached hydrogens (tertiary/aromatic N) is 1. The Morgan fingerprint density at radius 2 is 1.94 bits per heavy atom. The van der Waals surface area contributed by atoms with Crippen molar-refractivity contribution in [3.8, 4) is 0 Å². The third-order valence-electron chi connectivity index (χ3n) is 2.85. The van der Waals surface area contributed by atoms with Crippen LogP contribution in [0.15, 0.2) is 41.3 Å². The Labute approximate surface area is 101 Å². The maximum absolute atomic E-state index is 11.7. The van der Waals surface area contributed by atoms with Crippen molar-refractivity contribution in [3.63, 3.8) is 0 Å². The summed E-state index contributed by atoms with van der Waals surface area (Å²) in [6.45, 7) is 4.66. The number of rotatable bonds is 2. The lowest BCUT2D eigenvalue weighted by Gasteiger charge is -2.10. The molecule has 0 atom stereocenters. The number of benzene rings is 1. The first kappa shape index (κ1) is 11.5. The van der Waals surface area contributed by atoms with E-state index in [1.54, 1.807) is 16.8 Å². The van der Waals surface area contributed by atoms with Gasteiger partial charge in [-0.2, -0.15) is 0 Å². The van der Waals surface area contributed by atoms with E-state index in [0.717, 1.165) is 5.56 Å². The lowest BCUT2D eigenvalue weighted by Crippen LogP contribution is -2.19. The van der Waals surface area contributed by atoms with E-state index in [1.165, 1.54) is 17.2 Å². The molecule has 0 bridgehead atoms. The topological polar surface area (TPSA) is 48.0 Å². The summed E-state index contributed by atoms with van der Waals surface area (Å²) < 4.78 is 1.64. The van der Waals surface area contributed by atoms with Crippen molar-refractivity contribution in [2.75, 3.05) is 5.73 Å². The summed E-state index contributed by atoms with van der Waals surface area (Å²) in [5, 5.41) is 0. The van der Waals surface area contributed by atoms with Crippen molar-refractivity contribution in [2.24, 2.45) is 0 Å². The number of hydrogen-bond acceptors (Lipinski definition) is 2. The van der Waals surface area contributed by atoms with Crippen LogP contribution >= 0.6 is 0 Å². The second-order valence-corrected chi connectivity index (χ2v) is 4.36. The van der Waals surface area contributed by atoms with E-state index >= 15 is 0 Å². The Kier molecular flexibility index (Phi) is 3.00. The molecule has 0 unspecified atom stereocenters. The molecular formula is C14H16N2O.